The van der Waals surface area contributed by atoms with E-state index in [1.54, 1.807) is 14.0 Å². The highest BCUT2D eigenvalue weighted by molar-refractivity contribution is 6.01. The summed E-state index contributed by atoms with van der Waals surface area (Å²) in [6, 6.07) is -0.332. The van der Waals surface area contributed by atoms with E-state index >= 15 is 0 Å². The Hall–Kier alpha value is -1.10. The smallest absolute Gasteiger partial charge is 0.327 e. The first-order valence-electron chi connectivity index (χ1n) is 3.76. The molecule has 1 aliphatic heterocycles. The lowest BCUT2D eigenvalue weighted by Crippen LogP contribution is -2.36. The predicted octanol–water partition coefficient (Wildman–Crippen LogP) is -0.739. The third-order valence-electron chi connectivity index (χ3n) is 1.68. The first-order valence-corrected chi connectivity index (χ1v) is 3.76. The number of hydrogen-bond acceptors (Lipinski definition) is 3. The van der Waals surface area contributed by atoms with Crippen LogP contribution in [-0.2, 0) is 4.79 Å². The summed E-state index contributed by atoms with van der Waals surface area (Å²) in [4.78, 5) is 24.6. The van der Waals surface area contributed by atoms with Crippen LogP contribution in [0.1, 0.15) is 6.92 Å². The molecular formula is C7H12N2O3. The third kappa shape index (κ3) is 1.55. The van der Waals surface area contributed by atoms with E-state index in [0.29, 0.717) is 0 Å². The van der Waals surface area contributed by atoms with E-state index in [-0.39, 0.29) is 25.0 Å². The standard InChI is InChI=1S/C7H12N2O3/c1-5(10)3-9-6(11)4-8(2)7(9)12/h5,10H,3-4H2,1-2H3/t5-/m1/s1. The first-order chi connectivity index (χ1) is 5.52. The zero-order chi connectivity index (χ0) is 9.30. The molecule has 12 heavy (non-hydrogen) atoms. The van der Waals surface area contributed by atoms with Gasteiger partial charge in [0.1, 0.15) is 6.54 Å². The molecule has 0 aromatic heterocycles. The zero-order valence-corrected chi connectivity index (χ0v) is 7.15. The number of imide groups is 1. The van der Waals surface area contributed by atoms with E-state index in [1.807, 2.05) is 0 Å². The molecule has 1 rings (SSSR count). The highest BCUT2D eigenvalue weighted by Gasteiger charge is 2.33. The molecule has 1 heterocycles. The van der Waals surface area contributed by atoms with Gasteiger partial charge in [-0.05, 0) is 6.92 Å². The van der Waals surface area contributed by atoms with Gasteiger partial charge in [0.05, 0.1) is 12.6 Å². The molecule has 0 saturated carbocycles. The summed E-state index contributed by atoms with van der Waals surface area (Å²) < 4.78 is 0. The largest absolute Gasteiger partial charge is 0.392 e. The Morgan fingerprint density at radius 1 is 1.58 bits per heavy atom. The fraction of sp³-hybridized carbons (Fsp3) is 0.714. The molecule has 5 nitrogen and oxygen atoms in total. The number of rotatable bonds is 2. The maximum atomic E-state index is 11.2. The minimum absolute atomic E-state index is 0.0853. The van der Waals surface area contributed by atoms with Gasteiger partial charge in [-0.3, -0.25) is 9.69 Å². The Bertz CT molecular complexity index is 215. The van der Waals surface area contributed by atoms with Crippen molar-refractivity contribution in [3.8, 4) is 0 Å². The lowest BCUT2D eigenvalue weighted by Gasteiger charge is -2.15. The van der Waals surface area contributed by atoms with Crippen molar-refractivity contribution in [1.82, 2.24) is 9.80 Å². The van der Waals surface area contributed by atoms with Crippen LogP contribution >= 0.6 is 0 Å². The van der Waals surface area contributed by atoms with E-state index in [1.165, 1.54) is 4.90 Å². The van der Waals surface area contributed by atoms with Gasteiger partial charge in [-0.25, -0.2) is 4.79 Å². The van der Waals surface area contributed by atoms with Crippen molar-refractivity contribution in [2.75, 3.05) is 20.1 Å². The second-order valence-electron chi connectivity index (χ2n) is 2.99. The monoisotopic (exact) mass is 172 g/mol. The van der Waals surface area contributed by atoms with Crippen LogP contribution in [0.3, 0.4) is 0 Å². The predicted molar refractivity (Wildman–Crippen MR) is 41.4 cm³/mol. The minimum atomic E-state index is -0.663. The summed E-state index contributed by atoms with van der Waals surface area (Å²) in [5.74, 6) is -0.247. The van der Waals surface area contributed by atoms with Crippen molar-refractivity contribution >= 4 is 11.9 Å². The Balaban J connectivity index is 2.64. The minimum Gasteiger partial charge on any atom is -0.392 e. The van der Waals surface area contributed by atoms with Crippen LogP contribution in [0.25, 0.3) is 0 Å². The number of carbonyl (C=O) groups excluding carboxylic acids is 2. The number of amides is 3. The van der Waals surface area contributed by atoms with Gasteiger partial charge in [0.2, 0.25) is 5.91 Å². The molecule has 3 amide bonds. The van der Waals surface area contributed by atoms with Gasteiger partial charge in [0.25, 0.3) is 0 Å². The average Bonchev–Trinajstić information content (AvgIpc) is 2.16. The van der Waals surface area contributed by atoms with E-state index in [9.17, 15) is 9.59 Å². The molecule has 1 saturated heterocycles. The van der Waals surface area contributed by atoms with Gasteiger partial charge in [0.15, 0.2) is 0 Å². The molecule has 0 spiro atoms. The van der Waals surface area contributed by atoms with Gasteiger partial charge in [-0.1, -0.05) is 0 Å². The number of carbonyl (C=O) groups is 2. The number of β-amino-alcohol motifs (C(OH)–C–C–N with tert-alkyl or cyclic N) is 1. The summed E-state index contributed by atoms with van der Waals surface area (Å²) in [5.41, 5.74) is 0. The molecule has 1 atom stereocenters. The Morgan fingerprint density at radius 3 is 2.50 bits per heavy atom. The number of aliphatic hydroxyl groups excluding tert-OH is 1. The van der Waals surface area contributed by atoms with Crippen molar-refractivity contribution in [2.45, 2.75) is 13.0 Å². The number of nitrogens with zero attached hydrogens (tertiary/aromatic N) is 2. The summed E-state index contributed by atoms with van der Waals surface area (Å²) in [6.07, 6.45) is -0.663. The number of hydrogen-bond donors (Lipinski definition) is 1. The van der Waals surface area contributed by atoms with E-state index in [0.717, 1.165) is 4.90 Å². The molecule has 68 valence electrons. The molecule has 0 aliphatic carbocycles. The molecule has 0 radical (unpaired) electrons. The molecule has 5 heteroatoms. The van der Waals surface area contributed by atoms with Crippen LogP contribution in [-0.4, -0.2) is 53.1 Å². The highest BCUT2D eigenvalue weighted by Crippen LogP contribution is 2.07. The second kappa shape index (κ2) is 3.10. The molecule has 0 bridgehead atoms. The average molecular weight is 172 g/mol. The topological polar surface area (TPSA) is 60.9 Å². The SMILES string of the molecule is C[C@@H](O)CN1C(=O)CN(C)C1=O. The second-order valence-corrected chi connectivity index (χ2v) is 2.99. The van der Waals surface area contributed by atoms with Crippen molar-refractivity contribution in [3.63, 3.8) is 0 Å². The molecule has 0 unspecified atom stereocenters. The van der Waals surface area contributed by atoms with Gasteiger partial charge < -0.3 is 10.0 Å². The fourth-order valence-electron chi connectivity index (χ4n) is 1.11. The lowest BCUT2D eigenvalue weighted by atomic mass is 10.4. The van der Waals surface area contributed by atoms with Gasteiger partial charge in [-0.15, -0.1) is 0 Å². The number of likely N-dealkylation sites (N-methyl/N-ethyl adjacent to an activating group) is 1. The van der Waals surface area contributed by atoms with E-state index in [2.05, 4.69) is 0 Å². The van der Waals surface area contributed by atoms with Gasteiger partial charge in [0, 0.05) is 7.05 Å². The van der Waals surface area contributed by atoms with E-state index < -0.39 is 6.10 Å². The summed E-state index contributed by atoms with van der Waals surface area (Å²) in [7, 11) is 1.56. The molecular weight excluding hydrogens is 160 g/mol. The van der Waals surface area contributed by atoms with Crippen molar-refractivity contribution < 1.29 is 14.7 Å². The number of aliphatic hydroxyl groups is 1. The maximum absolute atomic E-state index is 11.2. The maximum Gasteiger partial charge on any atom is 0.327 e. The van der Waals surface area contributed by atoms with Crippen LogP contribution in [0.4, 0.5) is 4.79 Å². The fourth-order valence-corrected chi connectivity index (χ4v) is 1.11. The Kier molecular flexibility index (Phi) is 2.32. The number of urea groups is 1. The molecule has 0 aromatic rings. The van der Waals surface area contributed by atoms with Crippen LogP contribution in [0, 0.1) is 0 Å². The Labute approximate surface area is 70.6 Å². The normalized spacial score (nSPS) is 20.6. The first kappa shape index (κ1) is 8.99. The van der Waals surface area contributed by atoms with Gasteiger partial charge in [-0.2, -0.15) is 0 Å². The van der Waals surface area contributed by atoms with Crippen LogP contribution in [0.15, 0.2) is 0 Å². The molecule has 0 aromatic carbocycles. The quantitative estimate of drug-likeness (QED) is 0.558. The lowest BCUT2D eigenvalue weighted by molar-refractivity contribution is -0.126. The molecule has 1 fully saturated rings. The summed E-state index contributed by atoms with van der Waals surface area (Å²) >= 11 is 0. The van der Waals surface area contributed by atoms with Gasteiger partial charge >= 0.3 is 6.03 Å². The molecule has 1 aliphatic rings. The van der Waals surface area contributed by atoms with Crippen molar-refractivity contribution in [3.05, 3.63) is 0 Å². The third-order valence-corrected chi connectivity index (χ3v) is 1.68. The van der Waals surface area contributed by atoms with Crippen molar-refractivity contribution in [2.24, 2.45) is 0 Å². The van der Waals surface area contributed by atoms with Crippen LogP contribution < -0.4 is 0 Å². The molecule has 1 N–H and O–H groups in total. The summed E-state index contributed by atoms with van der Waals surface area (Å²) in [6.45, 7) is 1.74. The van der Waals surface area contributed by atoms with Crippen LogP contribution in [0.2, 0.25) is 0 Å². The summed E-state index contributed by atoms with van der Waals surface area (Å²) in [5, 5.41) is 8.97. The zero-order valence-electron chi connectivity index (χ0n) is 7.15. The van der Waals surface area contributed by atoms with Crippen molar-refractivity contribution in [1.29, 1.82) is 0 Å². The van der Waals surface area contributed by atoms with E-state index in [4.69, 9.17) is 5.11 Å². The van der Waals surface area contributed by atoms with Crippen LogP contribution in [0.5, 0.6) is 0 Å². The Morgan fingerprint density at radius 2 is 2.17 bits per heavy atom. The highest BCUT2D eigenvalue weighted by atomic mass is 16.3.